The SMILES string of the molecule is CC(=O)Nc1ccc(CNC(C)CCS(C)=O)cc1. The lowest BCUT2D eigenvalue weighted by atomic mass is 10.2. The van der Waals surface area contributed by atoms with Crippen LogP contribution in [0.1, 0.15) is 25.8 Å². The average Bonchev–Trinajstić information content (AvgIpc) is 2.35. The third-order valence-electron chi connectivity index (χ3n) is 2.77. The van der Waals surface area contributed by atoms with Crippen LogP contribution in [0.4, 0.5) is 5.69 Å². The lowest BCUT2D eigenvalue weighted by molar-refractivity contribution is -0.114. The van der Waals surface area contributed by atoms with Crippen LogP contribution in [0.2, 0.25) is 0 Å². The molecule has 1 aromatic carbocycles. The first-order valence-electron chi connectivity index (χ1n) is 6.37. The van der Waals surface area contributed by atoms with E-state index in [-0.39, 0.29) is 5.91 Å². The number of hydrogen-bond donors (Lipinski definition) is 2. The normalized spacial score (nSPS) is 13.8. The summed E-state index contributed by atoms with van der Waals surface area (Å²) in [5, 5.41) is 6.13. The van der Waals surface area contributed by atoms with E-state index >= 15 is 0 Å². The molecule has 4 nitrogen and oxygen atoms in total. The van der Waals surface area contributed by atoms with Crippen molar-refractivity contribution in [2.24, 2.45) is 0 Å². The second-order valence-corrected chi connectivity index (χ2v) is 6.28. The fraction of sp³-hybridized carbons (Fsp3) is 0.500. The van der Waals surface area contributed by atoms with E-state index in [1.807, 2.05) is 24.3 Å². The van der Waals surface area contributed by atoms with Gasteiger partial charge in [0.15, 0.2) is 0 Å². The zero-order chi connectivity index (χ0) is 14.3. The maximum Gasteiger partial charge on any atom is 0.221 e. The van der Waals surface area contributed by atoms with E-state index in [4.69, 9.17) is 0 Å². The second kappa shape index (κ2) is 8.07. The summed E-state index contributed by atoms with van der Waals surface area (Å²) in [5.41, 5.74) is 1.98. The average molecular weight is 282 g/mol. The van der Waals surface area contributed by atoms with Crippen molar-refractivity contribution >= 4 is 22.4 Å². The van der Waals surface area contributed by atoms with Crippen molar-refractivity contribution in [1.29, 1.82) is 0 Å². The fourth-order valence-corrected chi connectivity index (χ4v) is 2.33. The Hall–Kier alpha value is -1.20. The first-order valence-corrected chi connectivity index (χ1v) is 8.10. The summed E-state index contributed by atoms with van der Waals surface area (Å²) in [6.45, 7) is 4.37. The number of carbonyl (C=O) groups excluding carboxylic acids is 1. The van der Waals surface area contributed by atoms with E-state index in [1.54, 1.807) is 6.26 Å². The molecule has 1 rings (SSSR count). The van der Waals surface area contributed by atoms with Crippen LogP contribution in [0.5, 0.6) is 0 Å². The Morgan fingerprint density at radius 2 is 1.95 bits per heavy atom. The molecule has 5 heteroatoms. The summed E-state index contributed by atoms with van der Waals surface area (Å²) >= 11 is 0. The predicted octanol–water partition coefficient (Wildman–Crippen LogP) is 1.89. The summed E-state index contributed by atoms with van der Waals surface area (Å²) in [6.07, 6.45) is 2.64. The lowest BCUT2D eigenvalue weighted by Crippen LogP contribution is -2.26. The maximum atomic E-state index is 11.0. The van der Waals surface area contributed by atoms with Gasteiger partial charge < -0.3 is 10.6 Å². The molecule has 2 atom stereocenters. The van der Waals surface area contributed by atoms with Crippen molar-refractivity contribution < 1.29 is 9.00 Å². The zero-order valence-electron chi connectivity index (χ0n) is 11.7. The van der Waals surface area contributed by atoms with Gasteiger partial charge in [-0.25, -0.2) is 0 Å². The van der Waals surface area contributed by atoms with Gasteiger partial charge in [-0.2, -0.15) is 0 Å². The standard InChI is InChI=1S/C14H22N2O2S/c1-11(8-9-19(3)18)15-10-13-4-6-14(7-5-13)16-12(2)17/h4-7,11,15H,8-10H2,1-3H3,(H,16,17). The van der Waals surface area contributed by atoms with Crippen molar-refractivity contribution in [3.63, 3.8) is 0 Å². The molecule has 0 aromatic heterocycles. The Balaban J connectivity index is 2.37. The lowest BCUT2D eigenvalue weighted by Gasteiger charge is -2.13. The number of anilines is 1. The van der Waals surface area contributed by atoms with E-state index in [0.717, 1.165) is 24.4 Å². The van der Waals surface area contributed by atoms with Gasteiger partial charge in [-0.1, -0.05) is 12.1 Å². The number of rotatable bonds is 7. The fourth-order valence-electron chi connectivity index (χ4n) is 1.65. The zero-order valence-corrected chi connectivity index (χ0v) is 12.5. The largest absolute Gasteiger partial charge is 0.326 e. The highest BCUT2D eigenvalue weighted by Crippen LogP contribution is 2.09. The summed E-state index contributed by atoms with van der Waals surface area (Å²) < 4.78 is 11.0. The van der Waals surface area contributed by atoms with Gasteiger partial charge in [-0.3, -0.25) is 9.00 Å². The first-order chi connectivity index (χ1) is 8.97. The van der Waals surface area contributed by atoms with E-state index in [2.05, 4.69) is 17.6 Å². The Labute approximate surface area is 117 Å². The highest BCUT2D eigenvalue weighted by Gasteiger charge is 2.03. The monoisotopic (exact) mass is 282 g/mol. The van der Waals surface area contributed by atoms with Crippen molar-refractivity contribution in [2.75, 3.05) is 17.3 Å². The van der Waals surface area contributed by atoms with Gasteiger partial charge in [-0.05, 0) is 31.0 Å². The second-order valence-electron chi connectivity index (χ2n) is 4.73. The summed E-state index contributed by atoms with van der Waals surface area (Å²) in [7, 11) is -0.723. The molecular weight excluding hydrogens is 260 g/mol. The third kappa shape index (κ3) is 7.08. The summed E-state index contributed by atoms with van der Waals surface area (Å²) in [4.78, 5) is 10.9. The summed E-state index contributed by atoms with van der Waals surface area (Å²) in [5.74, 6) is 0.669. The van der Waals surface area contributed by atoms with Crippen molar-refractivity contribution in [3.05, 3.63) is 29.8 Å². The van der Waals surface area contributed by atoms with Crippen LogP contribution in [-0.2, 0) is 22.1 Å². The van der Waals surface area contributed by atoms with Crippen LogP contribution in [0.15, 0.2) is 24.3 Å². The number of benzene rings is 1. The number of nitrogens with one attached hydrogen (secondary N) is 2. The molecule has 0 fully saturated rings. The number of hydrogen-bond acceptors (Lipinski definition) is 3. The molecular formula is C14H22N2O2S. The molecule has 2 N–H and O–H groups in total. The Morgan fingerprint density at radius 3 is 2.47 bits per heavy atom. The molecule has 0 saturated heterocycles. The maximum absolute atomic E-state index is 11.0. The molecule has 0 radical (unpaired) electrons. The van der Waals surface area contributed by atoms with E-state index in [9.17, 15) is 9.00 Å². The molecule has 0 saturated carbocycles. The van der Waals surface area contributed by atoms with Gasteiger partial charge in [0.05, 0.1) is 0 Å². The van der Waals surface area contributed by atoms with Crippen LogP contribution >= 0.6 is 0 Å². The van der Waals surface area contributed by atoms with Crippen molar-refractivity contribution in [3.8, 4) is 0 Å². The third-order valence-corrected chi connectivity index (χ3v) is 3.58. The molecule has 2 unspecified atom stereocenters. The summed E-state index contributed by atoms with van der Waals surface area (Å²) in [6, 6.07) is 8.11. The van der Waals surface area contributed by atoms with Gasteiger partial charge in [0.1, 0.15) is 0 Å². The molecule has 0 spiro atoms. The molecule has 19 heavy (non-hydrogen) atoms. The number of carbonyl (C=O) groups is 1. The Bertz CT molecular complexity index is 432. The van der Waals surface area contributed by atoms with Gasteiger partial charge in [0.25, 0.3) is 0 Å². The highest BCUT2D eigenvalue weighted by molar-refractivity contribution is 7.84. The topological polar surface area (TPSA) is 58.2 Å². The van der Waals surface area contributed by atoms with Crippen LogP contribution in [-0.4, -0.2) is 28.2 Å². The van der Waals surface area contributed by atoms with E-state index in [1.165, 1.54) is 12.5 Å². The first kappa shape index (κ1) is 15.9. The van der Waals surface area contributed by atoms with Crippen LogP contribution < -0.4 is 10.6 Å². The molecule has 106 valence electrons. The smallest absolute Gasteiger partial charge is 0.221 e. The molecule has 0 aliphatic carbocycles. The molecule has 0 heterocycles. The molecule has 0 aliphatic heterocycles. The highest BCUT2D eigenvalue weighted by atomic mass is 32.2. The quantitative estimate of drug-likeness (QED) is 0.803. The molecule has 0 bridgehead atoms. The minimum Gasteiger partial charge on any atom is -0.326 e. The minimum atomic E-state index is -0.723. The Kier molecular flexibility index (Phi) is 6.73. The van der Waals surface area contributed by atoms with Crippen LogP contribution in [0.3, 0.4) is 0 Å². The minimum absolute atomic E-state index is 0.0629. The van der Waals surface area contributed by atoms with Crippen molar-refractivity contribution in [2.45, 2.75) is 32.9 Å². The van der Waals surface area contributed by atoms with E-state index < -0.39 is 10.8 Å². The van der Waals surface area contributed by atoms with Gasteiger partial charge in [0.2, 0.25) is 5.91 Å². The van der Waals surface area contributed by atoms with Crippen LogP contribution in [0, 0.1) is 0 Å². The molecule has 1 amide bonds. The Morgan fingerprint density at radius 1 is 1.32 bits per heavy atom. The predicted molar refractivity (Wildman–Crippen MR) is 80.6 cm³/mol. The van der Waals surface area contributed by atoms with E-state index in [0.29, 0.717) is 6.04 Å². The molecule has 0 aliphatic rings. The van der Waals surface area contributed by atoms with Crippen molar-refractivity contribution in [1.82, 2.24) is 5.32 Å². The number of amides is 1. The molecule has 1 aromatic rings. The van der Waals surface area contributed by atoms with Crippen LogP contribution in [0.25, 0.3) is 0 Å². The van der Waals surface area contributed by atoms with Gasteiger partial charge in [-0.15, -0.1) is 0 Å². The van der Waals surface area contributed by atoms with Gasteiger partial charge >= 0.3 is 0 Å². The van der Waals surface area contributed by atoms with Gasteiger partial charge in [0, 0.05) is 48.0 Å².